The molecule has 3 heterocycles. The van der Waals surface area contributed by atoms with Gasteiger partial charge in [-0.15, -0.1) is 36.6 Å². The van der Waals surface area contributed by atoms with Crippen LogP contribution in [-0.4, -0.2) is 70.6 Å². The van der Waals surface area contributed by atoms with Crippen LogP contribution in [0.15, 0.2) is 54.6 Å². The second-order valence-corrected chi connectivity index (χ2v) is 11.2. The van der Waals surface area contributed by atoms with Crippen LogP contribution in [0, 0.1) is 0 Å². The number of benzene rings is 2. The fourth-order valence-electron chi connectivity index (χ4n) is 5.00. The summed E-state index contributed by atoms with van der Waals surface area (Å²) in [6, 6.07) is 19.4. The summed E-state index contributed by atoms with van der Waals surface area (Å²) in [5.74, 6) is 2.39. The molecule has 0 spiro atoms. The van der Waals surface area contributed by atoms with E-state index in [2.05, 4.69) is 69.4 Å². The third-order valence-corrected chi connectivity index (χ3v) is 8.31. The minimum Gasteiger partial charge on any atom is -0.355 e. The van der Waals surface area contributed by atoms with E-state index in [-0.39, 0.29) is 29.6 Å². The van der Waals surface area contributed by atoms with Crippen LogP contribution in [0.2, 0.25) is 0 Å². The van der Waals surface area contributed by atoms with Crippen molar-refractivity contribution in [2.75, 3.05) is 50.0 Å². The molecule has 2 fully saturated rings. The number of nitrogens with zero attached hydrogens (tertiary/aromatic N) is 3. The summed E-state index contributed by atoms with van der Waals surface area (Å²) in [5, 5.41) is 1.29. The molecule has 0 aliphatic carbocycles. The van der Waals surface area contributed by atoms with Gasteiger partial charge in [-0.2, -0.15) is 0 Å². The van der Waals surface area contributed by atoms with Gasteiger partial charge in [0, 0.05) is 49.2 Å². The van der Waals surface area contributed by atoms with Crippen molar-refractivity contribution < 1.29 is 4.79 Å². The highest BCUT2D eigenvalue weighted by atomic mass is 35.5. The first-order chi connectivity index (χ1) is 16.0. The highest BCUT2D eigenvalue weighted by Crippen LogP contribution is 2.38. The average Bonchev–Trinajstić information content (AvgIpc) is 3.35. The van der Waals surface area contributed by atoms with E-state index >= 15 is 0 Å². The summed E-state index contributed by atoms with van der Waals surface area (Å²) in [4.78, 5) is 23.2. The zero-order chi connectivity index (χ0) is 22.8. The average molecular weight is 536 g/mol. The van der Waals surface area contributed by atoms with E-state index in [0.717, 1.165) is 58.0 Å². The number of anilines is 1. The first-order valence-corrected chi connectivity index (χ1v) is 13.1. The number of amides is 1. The molecule has 0 atom stereocenters. The lowest BCUT2D eigenvalue weighted by molar-refractivity contribution is -0.130. The molecule has 0 bridgehead atoms. The van der Waals surface area contributed by atoms with E-state index in [1.165, 1.54) is 27.8 Å². The monoisotopic (exact) mass is 534 g/mol. The van der Waals surface area contributed by atoms with Crippen molar-refractivity contribution in [1.29, 1.82) is 0 Å². The molecule has 8 heteroatoms. The van der Waals surface area contributed by atoms with Gasteiger partial charge in [-0.1, -0.05) is 48.5 Å². The Labute approximate surface area is 225 Å². The maximum absolute atomic E-state index is 12.4. The number of aromatic amines is 1. The highest BCUT2D eigenvalue weighted by Gasteiger charge is 2.38. The molecule has 1 N–H and O–H groups in total. The summed E-state index contributed by atoms with van der Waals surface area (Å²) >= 11 is 1.76. The Morgan fingerprint density at radius 3 is 2.23 bits per heavy atom. The Morgan fingerprint density at radius 1 is 0.886 bits per heavy atom. The van der Waals surface area contributed by atoms with E-state index in [9.17, 15) is 4.79 Å². The number of carbonyl (C=O) groups is 1. The van der Waals surface area contributed by atoms with Crippen LogP contribution in [0.4, 0.5) is 5.82 Å². The number of rotatable bonds is 7. The number of H-pyrrole nitrogens is 1. The van der Waals surface area contributed by atoms with Crippen LogP contribution >= 0.6 is 36.6 Å². The standard InChI is InChI=1S/C27H34N4OS.2ClH/c1-27(2)26(32)31(20-33-27)15-9-8-14-29-16-18-30(19-17-29)25-24(21-10-4-3-5-11-21)22-12-6-7-13-23(22)28-25;;/h3-7,10-13,28H,8-9,14-20H2,1-2H3;2*1H. The molecule has 5 rings (SSSR count). The number of carbonyl (C=O) groups excluding carboxylic acids is 1. The lowest BCUT2D eigenvalue weighted by Gasteiger charge is -2.36. The first kappa shape index (κ1) is 27.7. The largest absolute Gasteiger partial charge is 0.355 e. The minimum atomic E-state index is -0.239. The molecule has 2 aliphatic rings. The van der Waals surface area contributed by atoms with Crippen LogP contribution in [0.5, 0.6) is 0 Å². The Balaban J connectivity index is 0.00000171. The number of unbranched alkanes of at least 4 members (excludes halogenated alkanes) is 1. The van der Waals surface area contributed by atoms with Gasteiger partial charge in [0.05, 0.1) is 10.6 Å². The summed E-state index contributed by atoms with van der Waals surface area (Å²) in [5.41, 5.74) is 3.78. The van der Waals surface area contributed by atoms with E-state index in [0.29, 0.717) is 5.91 Å². The number of para-hydroxylation sites is 1. The molecule has 0 radical (unpaired) electrons. The second-order valence-electron chi connectivity index (χ2n) is 9.65. The number of halogens is 2. The molecule has 5 nitrogen and oxygen atoms in total. The molecular formula is C27H36Cl2N4OS. The summed E-state index contributed by atoms with van der Waals surface area (Å²) in [6.45, 7) is 10.3. The van der Waals surface area contributed by atoms with E-state index in [1.807, 2.05) is 18.7 Å². The third kappa shape index (κ3) is 5.93. The van der Waals surface area contributed by atoms with Gasteiger partial charge >= 0.3 is 0 Å². The number of hydrogen-bond acceptors (Lipinski definition) is 4. The Kier molecular flexibility index (Phi) is 9.44. The minimum absolute atomic E-state index is 0. The predicted octanol–water partition coefficient (Wildman–Crippen LogP) is 5.89. The molecule has 2 saturated heterocycles. The fraction of sp³-hybridized carbons (Fsp3) is 0.444. The number of thioether (sulfide) groups is 1. The zero-order valence-electron chi connectivity index (χ0n) is 20.5. The van der Waals surface area contributed by atoms with Crippen molar-refractivity contribution >= 4 is 59.2 Å². The Bertz CT molecular complexity index is 1110. The van der Waals surface area contributed by atoms with Gasteiger partial charge in [-0.05, 0) is 44.9 Å². The van der Waals surface area contributed by atoms with E-state index < -0.39 is 0 Å². The second kappa shape index (κ2) is 11.9. The predicted molar refractivity (Wildman–Crippen MR) is 154 cm³/mol. The molecule has 3 aromatic rings. The van der Waals surface area contributed by atoms with Gasteiger partial charge < -0.3 is 14.8 Å². The normalized spacial score (nSPS) is 17.9. The van der Waals surface area contributed by atoms with Crippen molar-refractivity contribution in [2.45, 2.75) is 31.4 Å². The van der Waals surface area contributed by atoms with Crippen molar-refractivity contribution in [3.63, 3.8) is 0 Å². The topological polar surface area (TPSA) is 42.6 Å². The zero-order valence-corrected chi connectivity index (χ0v) is 23.0. The maximum Gasteiger partial charge on any atom is 0.238 e. The van der Waals surface area contributed by atoms with Gasteiger partial charge in [-0.25, -0.2) is 0 Å². The number of hydrogen-bond donors (Lipinski definition) is 1. The summed E-state index contributed by atoms with van der Waals surface area (Å²) in [7, 11) is 0. The molecule has 0 unspecified atom stereocenters. The number of nitrogens with one attached hydrogen (secondary N) is 1. The van der Waals surface area contributed by atoms with Crippen LogP contribution in [0.1, 0.15) is 26.7 Å². The van der Waals surface area contributed by atoms with Crippen molar-refractivity contribution in [2.24, 2.45) is 0 Å². The third-order valence-electron chi connectivity index (χ3n) is 6.97. The highest BCUT2D eigenvalue weighted by molar-refractivity contribution is 8.01. The lowest BCUT2D eigenvalue weighted by Crippen LogP contribution is -2.47. The van der Waals surface area contributed by atoms with Crippen molar-refractivity contribution in [1.82, 2.24) is 14.8 Å². The number of piperazine rings is 1. The van der Waals surface area contributed by atoms with Gasteiger partial charge in [0.2, 0.25) is 5.91 Å². The molecule has 1 aromatic heterocycles. The number of fused-ring (bicyclic) bond motifs is 1. The molecule has 35 heavy (non-hydrogen) atoms. The molecule has 2 aromatic carbocycles. The fourth-order valence-corrected chi connectivity index (χ4v) is 5.98. The molecule has 2 aliphatic heterocycles. The smallest absolute Gasteiger partial charge is 0.238 e. The van der Waals surface area contributed by atoms with Gasteiger partial charge in [-0.3, -0.25) is 9.69 Å². The van der Waals surface area contributed by atoms with E-state index in [4.69, 9.17) is 0 Å². The Morgan fingerprint density at radius 2 is 1.54 bits per heavy atom. The molecule has 1 amide bonds. The first-order valence-electron chi connectivity index (χ1n) is 12.1. The number of aromatic nitrogens is 1. The lowest BCUT2D eigenvalue weighted by atomic mass is 10.0. The quantitative estimate of drug-likeness (QED) is 0.383. The molecule has 0 saturated carbocycles. The summed E-state index contributed by atoms with van der Waals surface area (Å²) in [6.07, 6.45) is 2.24. The van der Waals surface area contributed by atoms with Gasteiger partial charge in [0.15, 0.2) is 0 Å². The van der Waals surface area contributed by atoms with Crippen molar-refractivity contribution in [3.8, 4) is 11.1 Å². The van der Waals surface area contributed by atoms with Crippen LogP contribution in [0.3, 0.4) is 0 Å². The molecular weight excluding hydrogens is 499 g/mol. The maximum atomic E-state index is 12.4. The summed E-state index contributed by atoms with van der Waals surface area (Å²) < 4.78 is -0.239. The van der Waals surface area contributed by atoms with E-state index in [1.54, 1.807) is 11.8 Å². The van der Waals surface area contributed by atoms with Crippen LogP contribution < -0.4 is 4.90 Å². The van der Waals surface area contributed by atoms with Crippen LogP contribution in [-0.2, 0) is 4.79 Å². The van der Waals surface area contributed by atoms with Gasteiger partial charge in [0.1, 0.15) is 5.82 Å². The Hall–Kier alpha value is -1.86. The molecule has 190 valence electrons. The van der Waals surface area contributed by atoms with Gasteiger partial charge in [0.25, 0.3) is 0 Å². The van der Waals surface area contributed by atoms with Crippen molar-refractivity contribution in [3.05, 3.63) is 54.6 Å². The van der Waals surface area contributed by atoms with Crippen LogP contribution in [0.25, 0.3) is 22.0 Å². The SMILES string of the molecule is CC1(C)SCN(CCCCN2CCN(c3[nH]c4ccccc4c3-c3ccccc3)CC2)C1=O.Cl.Cl.